The fraction of sp³-hybridized carbons (Fsp3) is 0.0714. The van der Waals surface area contributed by atoms with Crippen LogP contribution in [0, 0.1) is 11.2 Å². The standard InChI is InChI=1S/C14H13FN2O/c15-12-7-10(6-11(8-12)14(16)17)9-18-13-4-2-1-3-5-13/h1-8H,9H2,(H3,16,17). The van der Waals surface area contributed by atoms with Crippen LogP contribution in [0.15, 0.2) is 48.5 Å². The number of nitrogens with two attached hydrogens (primary N) is 1. The number of halogens is 1. The summed E-state index contributed by atoms with van der Waals surface area (Å²) in [5, 5.41) is 7.30. The van der Waals surface area contributed by atoms with Crippen molar-refractivity contribution in [3.63, 3.8) is 0 Å². The van der Waals surface area contributed by atoms with Gasteiger partial charge in [-0.2, -0.15) is 0 Å². The van der Waals surface area contributed by atoms with Crippen molar-refractivity contribution in [1.29, 1.82) is 5.41 Å². The van der Waals surface area contributed by atoms with Crippen LogP contribution in [0.5, 0.6) is 5.75 Å². The summed E-state index contributed by atoms with van der Waals surface area (Å²) in [5.74, 6) is 0.135. The Morgan fingerprint density at radius 2 is 1.89 bits per heavy atom. The van der Waals surface area contributed by atoms with Gasteiger partial charge < -0.3 is 10.5 Å². The Bertz CT molecular complexity index is 555. The van der Waals surface area contributed by atoms with E-state index in [1.54, 1.807) is 6.07 Å². The Hall–Kier alpha value is -2.36. The van der Waals surface area contributed by atoms with Gasteiger partial charge in [0.2, 0.25) is 0 Å². The van der Waals surface area contributed by atoms with Gasteiger partial charge in [0, 0.05) is 5.56 Å². The fourth-order valence-corrected chi connectivity index (χ4v) is 1.57. The van der Waals surface area contributed by atoms with Gasteiger partial charge in [-0.15, -0.1) is 0 Å². The molecule has 0 saturated carbocycles. The number of benzene rings is 2. The van der Waals surface area contributed by atoms with E-state index in [9.17, 15) is 4.39 Å². The van der Waals surface area contributed by atoms with Crippen molar-refractivity contribution < 1.29 is 9.13 Å². The van der Waals surface area contributed by atoms with E-state index in [1.807, 2.05) is 30.3 Å². The van der Waals surface area contributed by atoms with E-state index in [2.05, 4.69) is 0 Å². The average molecular weight is 244 g/mol. The Labute approximate surface area is 105 Å². The van der Waals surface area contributed by atoms with Crippen LogP contribution in [0.2, 0.25) is 0 Å². The highest BCUT2D eigenvalue weighted by Gasteiger charge is 2.04. The van der Waals surface area contributed by atoms with E-state index in [4.69, 9.17) is 15.9 Å². The number of para-hydroxylation sites is 1. The van der Waals surface area contributed by atoms with Gasteiger partial charge in [0.15, 0.2) is 0 Å². The topological polar surface area (TPSA) is 59.1 Å². The van der Waals surface area contributed by atoms with Crippen molar-refractivity contribution >= 4 is 5.84 Å². The maximum absolute atomic E-state index is 13.3. The zero-order chi connectivity index (χ0) is 13.0. The molecule has 0 spiro atoms. The first-order chi connectivity index (χ1) is 8.65. The molecule has 3 nitrogen and oxygen atoms in total. The Balaban J connectivity index is 2.12. The number of hydrogen-bond acceptors (Lipinski definition) is 2. The van der Waals surface area contributed by atoms with E-state index in [0.717, 1.165) is 0 Å². The van der Waals surface area contributed by atoms with Crippen LogP contribution in [0.3, 0.4) is 0 Å². The van der Waals surface area contributed by atoms with Crippen LogP contribution in [-0.4, -0.2) is 5.84 Å². The molecule has 0 saturated heterocycles. The van der Waals surface area contributed by atoms with E-state index >= 15 is 0 Å². The maximum atomic E-state index is 13.3. The second-order valence-corrected chi connectivity index (χ2v) is 3.86. The van der Waals surface area contributed by atoms with Crippen LogP contribution >= 0.6 is 0 Å². The van der Waals surface area contributed by atoms with Crippen molar-refractivity contribution in [3.05, 3.63) is 65.5 Å². The summed E-state index contributed by atoms with van der Waals surface area (Å²) in [6.07, 6.45) is 0. The third kappa shape index (κ3) is 3.07. The predicted molar refractivity (Wildman–Crippen MR) is 68.2 cm³/mol. The number of ether oxygens (including phenoxy) is 1. The molecule has 0 bridgehead atoms. The summed E-state index contributed by atoms with van der Waals surface area (Å²) >= 11 is 0. The third-order valence-electron chi connectivity index (χ3n) is 2.42. The first-order valence-corrected chi connectivity index (χ1v) is 5.47. The molecule has 0 atom stereocenters. The van der Waals surface area contributed by atoms with Crippen molar-refractivity contribution in [3.8, 4) is 5.75 Å². The molecule has 0 aromatic heterocycles. The lowest BCUT2D eigenvalue weighted by molar-refractivity contribution is 0.305. The number of hydrogen-bond donors (Lipinski definition) is 2. The normalized spacial score (nSPS) is 10.1. The van der Waals surface area contributed by atoms with Crippen LogP contribution in [0.25, 0.3) is 0 Å². The highest BCUT2D eigenvalue weighted by molar-refractivity contribution is 5.95. The zero-order valence-electron chi connectivity index (χ0n) is 9.69. The Morgan fingerprint density at radius 1 is 1.17 bits per heavy atom. The summed E-state index contributed by atoms with van der Waals surface area (Å²) in [5.41, 5.74) is 6.34. The second kappa shape index (κ2) is 5.31. The SMILES string of the molecule is N=C(N)c1cc(F)cc(COc2ccccc2)c1. The quantitative estimate of drug-likeness (QED) is 0.641. The molecular formula is C14H13FN2O. The summed E-state index contributed by atoms with van der Waals surface area (Å²) in [7, 11) is 0. The monoisotopic (exact) mass is 244 g/mol. The Morgan fingerprint density at radius 3 is 2.56 bits per heavy atom. The van der Waals surface area contributed by atoms with Crippen LogP contribution in [-0.2, 0) is 6.61 Å². The molecule has 0 unspecified atom stereocenters. The minimum Gasteiger partial charge on any atom is -0.489 e. The van der Waals surface area contributed by atoms with E-state index in [-0.39, 0.29) is 12.4 Å². The number of amidine groups is 1. The Kier molecular flexibility index (Phi) is 3.57. The largest absolute Gasteiger partial charge is 0.489 e. The zero-order valence-corrected chi connectivity index (χ0v) is 9.69. The molecule has 0 aliphatic carbocycles. The van der Waals surface area contributed by atoms with Gasteiger partial charge >= 0.3 is 0 Å². The minimum atomic E-state index is -0.422. The highest BCUT2D eigenvalue weighted by atomic mass is 19.1. The molecule has 18 heavy (non-hydrogen) atoms. The molecule has 0 amide bonds. The molecule has 0 fully saturated rings. The number of nitrogens with one attached hydrogen (secondary N) is 1. The summed E-state index contributed by atoms with van der Waals surface area (Å²) in [6.45, 7) is 0.238. The van der Waals surface area contributed by atoms with Gasteiger partial charge in [-0.05, 0) is 35.9 Å². The first-order valence-electron chi connectivity index (χ1n) is 5.47. The fourth-order valence-electron chi connectivity index (χ4n) is 1.57. The smallest absolute Gasteiger partial charge is 0.124 e. The number of rotatable bonds is 4. The molecule has 92 valence electrons. The lowest BCUT2D eigenvalue weighted by atomic mass is 10.1. The molecule has 0 aliphatic rings. The molecule has 3 N–H and O–H groups in total. The molecule has 0 heterocycles. The van der Waals surface area contributed by atoms with Crippen LogP contribution in [0.4, 0.5) is 4.39 Å². The van der Waals surface area contributed by atoms with E-state index in [1.165, 1.54) is 12.1 Å². The molecule has 4 heteroatoms. The van der Waals surface area contributed by atoms with E-state index in [0.29, 0.717) is 16.9 Å². The predicted octanol–water partition coefficient (Wildman–Crippen LogP) is 2.69. The molecular weight excluding hydrogens is 231 g/mol. The summed E-state index contributed by atoms with van der Waals surface area (Å²) in [4.78, 5) is 0. The van der Waals surface area contributed by atoms with Gasteiger partial charge in [-0.25, -0.2) is 4.39 Å². The highest BCUT2D eigenvalue weighted by Crippen LogP contribution is 2.14. The van der Waals surface area contributed by atoms with Crippen molar-refractivity contribution in [1.82, 2.24) is 0 Å². The molecule has 2 aromatic rings. The third-order valence-corrected chi connectivity index (χ3v) is 2.42. The molecule has 2 aromatic carbocycles. The minimum absolute atomic E-state index is 0.157. The van der Waals surface area contributed by atoms with E-state index < -0.39 is 5.82 Å². The van der Waals surface area contributed by atoms with Crippen molar-refractivity contribution in [2.75, 3.05) is 0 Å². The molecule has 0 aliphatic heterocycles. The first kappa shape index (κ1) is 12.1. The average Bonchev–Trinajstić information content (AvgIpc) is 2.37. The molecule has 2 rings (SSSR count). The van der Waals surface area contributed by atoms with Gasteiger partial charge in [-0.1, -0.05) is 18.2 Å². The number of nitrogen functional groups attached to an aromatic ring is 1. The van der Waals surface area contributed by atoms with Gasteiger partial charge in [0.1, 0.15) is 24.0 Å². The van der Waals surface area contributed by atoms with Gasteiger partial charge in [0.25, 0.3) is 0 Å². The summed E-state index contributed by atoms with van der Waals surface area (Å²) < 4.78 is 18.8. The lowest BCUT2D eigenvalue weighted by Crippen LogP contribution is -2.12. The maximum Gasteiger partial charge on any atom is 0.124 e. The summed E-state index contributed by atoms with van der Waals surface area (Å²) in [6, 6.07) is 13.5. The van der Waals surface area contributed by atoms with Crippen molar-refractivity contribution in [2.24, 2.45) is 5.73 Å². The van der Waals surface area contributed by atoms with Crippen molar-refractivity contribution in [2.45, 2.75) is 6.61 Å². The second-order valence-electron chi connectivity index (χ2n) is 3.86. The molecule has 0 radical (unpaired) electrons. The van der Waals surface area contributed by atoms with Crippen LogP contribution in [0.1, 0.15) is 11.1 Å². The van der Waals surface area contributed by atoms with Gasteiger partial charge in [-0.3, -0.25) is 5.41 Å². The van der Waals surface area contributed by atoms with Crippen LogP contribution < -0.4 is 10.5 Å². The lowest BCUT2D eigenvalue weighted by Gasteiger charge is -2.07. The van der Waals surface area contributed by atoms with Gasteiger partial charge in [0.05, 0.1) is 0 Å².